The summed E-state index contributed by atoms with van der Waals surface area (Å²) in [5.41, 5.74) is 0.292. The maximum Gasteiger partial charge on any atom is 0.255 e. The van der Waals surface area contributed by atoms with E-state index in [1.165, 1.54) is 0 Å². The molecule has 1 saturated carbocycles. The minimum absolute atomic E-state index is 0.0524. The second-order valence-corrected chi connectivity index (χ2v) is 9.39. The molecule has 0 radical (unpaired) electrons. The number of Topliss-reactive ketones (excluding diaryl/α,β-unsaturated/α-hetero) is 2. The highest BCUT2D eigenvalue weighted by atomic mass is 19.1. The lowest BCUT2D eigenvalue weighted by atomic mass is 9.59. The summed E-state index contributed by atoms with van der Waals surface area (Å²) in [5.74, 6) is -9.44. The van der Waals surface area contributed by atoms with E-state index < -0.39 is 87.0 Å². The van der Waals surface area contributed by atoms with Crippen LogP contribution in [0.15, 0.2) is 23.0 Å². The number of nitrogens with one attached hydrogen (secondary N) is 1. The molecule has 3 atom stereocenters. The number of aliphatic hydroxyl groups is 3. The SMILES string of the molecule is CCN(C)CC(=O)Nc1cc(F)c2c(c1O)C(O)=C1C(=O)[C@]3(O)C(O)=C(C(N)=O)C(=O)C[C@@H]3CC1C2. The molecular weight excluding hydrogens is 477 g/mol. The van der Waals surface area contributed by atoms with Crippen molar-refractivity contribution in [1.82, 2.24) is 4.90 Å². The number of carbonyl (C=O) groups excluding carboxylic acids is 4. The summed E-state index contributed by atoms with van der Waals surface area (Å²) < 4.78 is 15.1. The van der Waals surface area contributed by atoms with Crippen molar-refractivity contribution >= 4 is 34.8 Å². The average Bonchev–Trinajstić information content (AvgIpc) is 2.79. The van der Waals surface area contributed by atoms with Crippen LogP contribution in [-0.2, 0) is 25.6 Å². The van der Waals surface area contributed by atoms with Crippen LogP contribution in [0, 0.1) is 17.7 Å². The normalized spacial score (nSPS) is 25.5. The number of amides is 2. The fraction of sp³-hybridized carbons (Fsp3) is 0.417. The number of ketones is 2. The number of hydrogen-bond donors (Lipinski definition) is 6. The molecule has 11 nitrogen and oxygen atoms in total. The number of fused-ring (bicyclic) bond motifs is 3. The molecule has 2 amide bonds. The summed E-state index contributed by atoms with van der Waals surface area (Å²) in [4.78, 5) is 51.4. The van der Waals surface area contributed by atoms with E-state index in [1.807, 2.05) is 6.92 Å². The van der Waals surface area contributed by atoms with E-state index in [9.17, 15) is 39.6 Å². The summed E-state index contributed by atoms with van der Waals surface area (Å²) in [5, 5.41) is 46.0. The van der Waals surface area contributed by atoms with Crippen molar-refractivity contribution in [2.24, 2.45) is 17.6 Å². The zero-order chi connectivity index (χ0) is 26.7. The fourth-order valence-electron chi connectivity index (χ4n) is 5.29. The molecule has 3 aliphatic carbocycles. The Labute approximate surface area is 204 Å². The van der Waals surface area contributed by atoms with Crippen LogP contribution in [-0.4, -0.2) is 74.4 Å². The quantitative estimate of drug-likeness (QED) is 0.245. The second-order valence-electron chi connectivity index (χ2n) is 9.39. The number of likely N-dealkylation sites (N-methyl/N-ethyl adjacent to an activating group) is 1. The van der Waals surface area contributed by atoms with E-state index >= 15 is 4.39 Å². The number of phenolic OH excluding ortho intramolecular Hbond substituents is 1. The Morgan fingerprint density at radius 3 is 2.53 bits per heavy atom. The van der Waals surface area contributed by atoms with E-state index in [-0.39, 0.29) is 30.6 Å². The number of anilines is 1. The van der Waals surface area contributed by atoms with Gasteiger partial charge in [0, 0.05) is 29.5 Å². The molecule has 0 spiro atoms. The molecule has 1 aromatic carbocycles. The van der Waals surface area contributed by atoms with Crippen molar-refractivity contribution < 1.29 is 44.0 Å². The summed E-state index contributed by atoms with van der Waals surface area (Å²) in [6.45, 7) is 2.33. The van der Waals surface area contributed by atoms with Gasteiger partial charge in [-0.1, -0.05) is 6.92 Å². The molecule has 1 aromatic rings. The van der Waals surface area contributed by atoms with Gasteiger partial charge in [0.1, 0.15) is 22.9 Å². The Morgan fingerprint density at radius 2 is 1.92 bits per heavy atom. The molecule has 0 aromatic heterocycles. The third kappa shape index (κ3) is 3.64. The molecule has 3 aliphatic rings. The molecule has 0 aliphatic heterocycles. The van der Waals surface area contributed by atoms with Gasteiger partial charge in [0.2, 0.25) is 11.7 Å². The predicted octanol–water partition coefficient (Wildman–Crippen LogP) is 0.453. The zero-order valence-electron chi connectivity index (χ0n) is 19.6. The minimum Gasteiger partial charge on any atom is -0.508 e. The number of rotatable bonds is 5. The second kappa shape index (κ2) is 8.71. The van der Waals surface area contributed by atoms with Gasteiger partial charge < -0.3 is 31.5 Å². The highest BCUT2D eigenvalue weighted by molar-refractivity contribution is 6.22. The van der Waals surface area contributed by atoms with Gasteiger partial charge in [0.25, 0.3) is 5.91 Å². The van der Waals surface area contributed by atoms with Crippen molar-refractivity contribution in [2.75, 3.05) is 25.5 Å². The summed E-state index contributed by atoms with van der Waals surface area (Å²) in [7, 11) is 1.68. The molecule has 4 rings (SSSR count). The maximum absolute atomic E-state index is 15.1. The lowest BCUT2D eigenvalue weighted by Crippen LogP contribution is -2.58. The van der Waals surface area contributed by atoms with Crippen molar-refractivity contribution in [3.63, 3.8) is 0 Å². The van der Waals surface area contributed by atoms with Crippen molar-refractivity contribution in [3.8, 4) is 5.75 Å². The van der Waals surface area contributed by atoms with Gasteiger partial charge in [-0.25, -0.2) is 4.39 Å². The molecule has 0 heterocycles. The van der Waals surface area contributed by atoms with E-state index in [0.29, 0.717) is 6.54 Å². The molecule has 1 fully saturated rings. The van der Waals surface area contributed by atoms with Crippen LogP contribution in [0.4, 0.5) is 10.1 Å². The van der Waals surface area contributed by atoms with Gasteiger partial charge in [-0.3, -0.25) is 24.1 Å². The van der Waals surface area contributed by atoms with Gasteiger partial charge in [0.05, 0.1) is 17.8 Å². The lowest BCUT2D eigenvalue weighted by Gasteiger charge is -2.46. The number of nitrogens with two attached hydrogens (primary N) is 1. The molecule has 0 bridgehead atoms. The number of primary amides is 1. The third-order valence-electron chi connectivity index (χ3n) is 7.24. The van der Waals surface area contributed by atoms with Crippen molar-refractivity contribution in [3.05, 3.63) is 39.9 Å². The van der Waals surface area contributed by atoms with Gasteiger partial charge in [-0.15, -0.1) is 0 Å². The zero-order valence-corrected chi connectivity index (χ0v) is 19.6. The van der Waals surface area contributed by atoms with E-state index in [0.717, 1.165) is 6.07 Å². The van der Waals surface area contributed by atoms with Crippen LogP contribution in [0.1, 0.15) is 30.9 Å². The van der Waals surface area contributed by atoms with Crippen molar-refractivity contribution in [2.45, 2.75) is 31.8 Å². The molecular formula is C24H26FN3O8. The Bertz CT molecular complexity index is 1290. The van der Waals surface area contributed by atoms with Gasteiger partial charge in [-0.05, 0) is 32.4 Å². The Hall–Kier alpha value is -3.77. The largest absolute Gasteiger partial charge is 0.508 e. The van der Waals surface area contributed by atoms with Crippen LogP contribution in [0.5, 0.6) is 5.75 Å². The lowest BCUT2D eigenvalue weighted by molar-refractivity contribution is -0.147. The smallest absolute Gasteiger partial charge is 0.255 e. The first-order chi connectivity index (χ1) is 16.8. The molecule has 1 unspecified atom stereocenters. The number of carbonyl (C=O) groups is 4. The number of aromatic hydroxyl groups is 1. The van der Waals surface area contributed by atoms with Gasteiger partial charge in [0.15, 0.2) is 17.1 Å². The van der Waals surface area contributed by atoms with Crippen LogP contribution in [0.2, 0.25) is 0 Å². The van der Waals surface area contributed by atoms with E-state index in [1.54, 1.807) is 11.9 Å². The monoisotopic (exact) mass is 503 g/mol. The third-order valence-corrected chi connectivity index (χ3v) is 7.24. The number of aliphatic hydroxyl groups excluding tert-OH is 2. The first kappa shape index (κ1) is 25.3. The van der Waals surface area contributed by atoms with Crippen LogP contribution >= 0.6 is 0 Å². The molecule has 192 valence electrons. The highest BCUT2D eigenvalue weighted by Gasteiger charge is 2.60. The number of nitrogens with zero attached hydrogens (tertiary/aromatic N) is 1. The average molecular weight is 503 g/mol. The summed E-state index contributed by atoms with van der Waals surface area (Å²) >= 11 is 0. The topological polar surface area (TPSA) is 190 Å². The number of hydrogen-bond acceptors (Lipinski definition) is 9. The molecule has 36 heavy (non-hydrogen) atoms. The summed E-state index contributed by atoms with van der Waals surface area (Å²) in [6, 6.07) is 0.912. The Morgan fingerprint density at radius 1 is 1.25 bits per heavy atom. The minimum atomic E-state index is -2.71. The molecule has 7 N–H and O–H groups in total. The highest BCUT2D eigenvalue weighted by Crippen LogP contribution is 2.53. The predicted molar refractivity (Wildman–Crippen MR) is 123 cm³/mol. The first-order valence-electron chi connectivity index (χ1n) is 11.3. The fourth-order valence-corrected chi connectivity index (χ4v) is 5.29. The number of benzene rings is 1. The van der Waals surface area contributed by atoms with Crippen LogP contribution in [0.3, 0.4) is 0 Å². The van der Waals surface area contributed by atoms with E-state index in [4.69, 9.17) is 5.73 Å². The standard InChI is InChI=1S/C24H26FN3O8/c1-3-28(2)8-15(30)27-13-7-12(25)11-5-9-4-10-6-14(29)18(23(26)35)22(34)24(10,36)21(33)16(9)20(32)17(11)19(13)31/h7,9-10,31-32,34,36H,3-6,8H2,1-2H3,(H2,26,35)(H,27,30)/t9?,10-,24-/m0/s1. The van der Waals surface area contributed by atoms with Gasteiger partial charge >= 0.3 is 0 Å². The van der Waals surface area contributed by atoms with E-state index in [2.05, 4.69) is 5.32 Å². The Kier molecular flexibility index (Phi) is 6.13. The molecule has 12 heteroatoms. The Balaban J connectivity index is 1.82. The van der Waals surface area contributed by atoms with Crippen LogP contribution < -0.4 is 11.1 Å². The van der Waals surface area contributed by atoms with Gasteiger partial charge in [-0.2, -0.15) is 0 Å². The molecule has 0 saturated heterocycles. The maximum atomic E-state index is 15.1. The number of phenols is 1. The van der Waals surface area contributed by atoms with Crippen LogP contribution in [0.25, 0.3) is 5.76 Å². The first-order valence-corrected chi connectivity index (χ1v) is 11.3. The van der Waals surface area contributed by atoms with Crippen molar-refractivity contribution in [1.29, 1.82) is 0 Å². The summed E-state index contributed by atoms with van der Waals surface area (Å²) in [6.07, 6.45) is -0.738. The number of halogens is 1.